The zero-order chi connectivity index (χ0) is 13.3. The van der Waals surface area contributed by atoms with E-state index >= 15 is 0 Å². The van der Waals surface area contributed by atoms with Gasteiger partial charge in [0.1, 0.15) is 0 Å². The molecule has 0 amide bonds. The van der Waals surface area contributed by atoms with Crippen LogP contribution in [-0.2, 0) is 0 Å². The van der Waals surface area contributed by atoms with Gasteiger partial charge in [-0.1, -0.05) is 83.1 Å². The highest BCUT2D eigenvalue weighted by molar-refractivity contribution is 4.92. The summed E-state index contributed by atoms with van der Waals surface area (Å²) in [5.74, 6) is 0. The molecular formula is C18H34. The van der Waals surface area contributed by atoms with Crippen molar-refractivity contribution in [3.05, 3.63) is 24.3 Å². The van der Waals surface area contributed by atoms with E-state index in [1.807, 2.05) is 0 Å². The molecule has 0 heteroatoms. The molecule has 0 bridgehead atoms. The summed E-state index contributed by atoms with van der Waals surface area (Å²) in [6.07, 6.45) is 25.5. The SMILES string of the molecule is CCCCCC=CC/C=C\CCCCCCCC. The molecule has 0 saturated carbocycles. The normalized spacial score (nSPS) is 11.9. The molecular weight excluding hydrogens is 216 g/mol. The molecule has 0 unspecified atom stereocenters. The second-order valence-corrected chi connectivity index (χ2v) is 5.23. The Bertz CT molecular complexity index is 188. The van der Waals surface area contributed by atoms with Gasteiger partial charge in [0, 0.05) is 0 Å². The predicted octanol–water partition coefficient (Wildman–Crippen LogP) is 6.82. The highest BCUT2D eigenvalue weighted by Crippen LogP contribution is 2.07. The van der Waals surface area contributed by atoms with Crippen molar-refractivity contribution in [1.82, 2.24) is 0 Å². The highest BCUT2D eigenvalue weighted by Gasteiger charge is 1.87. The molecule has 0 radical (unpaired) electrons. The van der Waals surface area contributed by atoms with Crippen molar-refractivity contribution in [3.63, 3.8) is 0 Å². The lowest BCUT2D eigenvalue weighted by Crippen LogP contribution is -1.77. The van der Waals surface area contributed by atoms with Crippen molar-refractivity contribution in [2.45, 2.75) is 90.9 Å². The predicted molar refractivity (Wildman–Crippen MR) is 85.0 cm³/mol. The smallest absolute Gasteiger partial charge is 0.0169 e. The van der Waals surface area contributed by atoms with Crippen LogP contribution in [0.4, 0.5) is 0 Å². The Balaban J connectivity index is 3.13. The molecule has 0 rings (SSSR count). The molecule has 0 aliphatic carbocycles. The minimum absolute atomic E-state index is 1.13. The van der Waals surface area contributed by atoms with Gasteiger partial charge in [-0.2, -0.15) is 0 Å². The van der Waals surface area contributed by atoms with Crippen molar-refractivity contribution in [1.29, 1.82) is 0 Å². The molecule has 0 atom stereocenters. The molecule has 18 heavy (non-hydrogen) atoms. The van der Waals surface area contributed by atoms with Gasteiger partial charge in [0.25, 0.3) is 0 Å². The van der Waals surface area contributed by atoms with Crippen LogP contribution >= 0.6 is 0 Å². The Morgan fingerprint density at radius 1 is 0.500 bits per heavy atom. The van der Waals surface area contributed by atoms with Gasteiger partial charge in [-0.25, -0.2) is 0 Å². The van der Waals surface area contributed by atoms with E-state index in [1.165, 1.54) is 70.6 Å². The summed E-state index contributed by atoms with van der Waals surface area (Å²) in [6, 6.07) is 0. The summed E-state index contributed by atoms with van der Waals surface area (Å²) in [7, 11) is 0. The van der Waals surface area contributed by atoms with E-state index in [-0.39, 0.29) is 0 Å². The van der Waals surface area contributed by atoms with Crippen LogP contribution in [-0.4, -0.2) is 0 Å². The summed E-state index contributed by atoms with van der Waals surface area (Å²) in [5, 5.41) is 0. The Labute approximate surface area is 116 Å². The van der Waals surface area contributed by atoms with Gasteiger partial charge in [0.05, 0.1) is 0 Å². The van der Waals surface area contributed by atoms with Crippen molar-refractivity contribution >= 4 is 0 Å². The molecule has 0 fully saturated rings. The molecule has 0 aliphatic rings. The Hall–Kier alpha value is -0.520. The third kappa shape index (κ3) is 15.5. The van der Waals surface area contributed by atoms with Gasteiger partial charge in [-0.15, -0.1) is 0 Å². The average molecular weight is 250 g/mol. The summed E-state index contributed by atoms with van der Waals surface area (Å²) in [6.45, 7) is 4.53. The van der Waals surface area contributed by atoms with Crippen molar-refractivity contribution in [2.75, 3.05) is 0 Å². The fourth-order valence-electron chi connectivity index (χ4n) is 2.06. The minimum Gasteiger partial charge on any atom is -0.0882 e. The van der Waals surface area contributed by atoms with Crippen LogP contribution in [0, 0.1) is 0 Å². The van der Waals surface area contributed by atoms with Crippen LogP contribution < -0.4 is 0 Å². The molecule has 0 aromatic rings. The van der Waals surface area contributed by atoms with Crippen LogP contribution in [0.1, 0.15) is 90.9 Å². The first-order valence-electron chi connectivity index (χ1n) is 8.21. The van der Waals surface area contributed by atoms with Crippen LogP contribution in [0.25, 0.3) is 0 Å². The third-order valence-corrected chi connectivity index (χ3v) is 3.30. The van der Waals surface area contributed by atoms with Gasteiger partial charge in [-0.3, -0.25) is 0 Å². The van der Waals surface area contributed by atoms with Gasteiger partial charge in [-0.05, 0) is 32.1 Å². The van der Waals surface area contributed by atoms with Crippen LogP contribution in [0.5, 0.6) is 0 Å². The van der Waals surface area contributed by atoms with E-state index in [0.29, 0.717) is 0 Å². The summed E-state index contributed by atoms with van der Waals surface area (Å²) < 4.78 is 0. The van der Waals surface area contributed by atoms with Crippen LogP contribution in [0.2, 0.25) is 0 Å². The van der Waals surface area contributed by atoms with Crippen molar-refractivity contribution in [3.8, 4) is 0 Å². The van der Waals surface area contributed by atoms with Gasteiger partial charge < -0.3 is 0 Å². The van der Waals surface area contributed by atoms with E-state index < -0.39 is 0 Å². The minimum atomic E-state index is 1.13. The molecule has 0 N–H and O–H groups in total. The molecule has 0 heterocycles. The summed E-state index contributed by atoms with van der Waals surface area (Å²) in [4.78, 5) is 0. The van der Waals surface area contributed by atoms with Gasteiger partial charge >= 0.3 is 0 Å². The fourth-order valence-corrected chi connectivity index (χ4v) is 2.06. The molecule has 0 saturated heterocycles. The Morgan fingerprint density at radius 2 is 0.944 bits per heavy atom. The molecule has 0 nitrogen and oxygen atoms in total. The highest BCUT2D eigenvalue weighted by atomic mass is 13.9. The molecule has 0 aliphatic heterocycles. The third-order valence-electron chi connectivity index (χ3n) is 3.30. The number of allylic oxidation sites excluding steroid dienone is 4. The Kier molecular flexibility index (Phi) is 16.0. The lowest BCUT2D eigenvalue weighted by Gasteiger charge is -1.97. The maximum atomic E-state index is 2.36. The number of hydrogen-bond acceptors (Lipinski definition) is 0. The van der Waals surface area contributed by atoms with Crippen LogP contribution in [0.15, 0.2) is 24.3 Å². The molecule has 0 aromatic heterocycles. The zero-order valence-electron chi connectivity index (χ0n) is 12.8. The molecule has 106 valence electrons. The first-order chi connectivity index (χ1) is 8.91. The monoisotopic (exact) mass is 250 g/mol. The fraction of sp³-hybridized carbons (Fsp3) is 0.778. The summed E-state index contributed by atoms with van der Waals surface area (Å²) in [5.41, 5.74) is 0. The number of hydrogen-bond donors (Lipinski definition) is 0. The van der Waals surface area contributed by atoms with E-state index in [2.05, 4.69) is 38.2 Å². The van der Waals surface area contributed by atoms with Crippen molar-refractivity contribution in [2.24, 2.45) is 0 Å². The first-order valence-corrected chi connectivity index (χ1v) is 8.21. The zero-order valence-corrected chi connectivity index (χ0v) is 12.8. The van der Waals surface area contributed by atoms with Crippen molar-refractivity contribution < 1.29 is 0 Å². The number of rotatable bonds is 13. The quantitative estimate of drug-likeness (QED) is 0.248. The maximum absolute atomic E-state index is 2.36. The van der Waals surface area contributed by atoms with Gasteiger partial charge in [0.2, 0.25) is 0 Å². The van der Waals surface area contributed by atoms with E-state index in [9.17, 15) is 0 Å². The largest absolute Gasteiger partial charge is 0.0882 e. The van der Waals surface area contributed by atoms with E-state index in [1.54, 1.807) is 0 Å². The van der Waals surface area contributed by atoms with E-state index in [4.69, 9.17) is 0 Å². The second kappa shape index (κ2) is 16.5. The standard InChI is InChI=1S/C18H34/c1-3-5-7-9-11-13-15-17-18-16-14-12-10-8-6-4-2/h11,13,17-18H,3-10,12,14-16H2,1-2H3/b13-11?,18-17-. The topological polar surface area (TPSA) is 0 Å². The lowest BCUT2D eigenvalue weighted by molar-refractivity contribution is 0.611. The van der Waals surface area contributed by atoms with Crippen LogP contribution in [0.3, 0.4) is 0 Å². The van der Waals surface area contributed by atoms with Gasteiger partial charge in [0.15, 0.2) is 0 Å². The molecule has 0 aromatic carbocycles. The molecule has 0 spiro atoms. The Morgan fingerprint density at radius 3 is 1.56 bits per heavy atom. The lowest BCUT2D eigenvalue weighted by atomic mass is 10.1. The summed E-state index contributed by atoms with van der Waals surface area (Å²) >= 11 is 0. The van der Waals surface area contributed by atoms with E-state index in [0.717, 1.165) is 6.42 Å². The average Bonchev–Trinajstić information content (AvgIpc) is 2.39. The number of unbranched alkanes of at least 4 members (excludes halogenated alkanes) is 9. The maximum Gasteiger partial charge on any atom is -0.0169 e. The second-order valence-electron chi connectivity index (χ2n) is 5.23. The first kappa shape index (κ1) is 17.5.